The number of nitrogens with one attached hydrogen (secondary N) is 1. The van der Waals surface area contributed by atoms with Crippen LogP contribution in [0.4, 0.5) is 5.13 Å². The van der Waals surface area contributed by atoms with Crippen molar-refractivity contribution in [2.75, 3.05) is 39.2 Å². The van der Waals surface area contributed by atoms with Crippen LogP contribution in [-0.4, -0.2) is 67.1 Å². The highest BCUT2D eigenvalue weighted by Gasteiger charge is 2.24. The van der Waals surface area contributed by atoms with Crippen molar-refractivity contribution < 1.29 is 19.0 Å². The van der Waals surface area contributed by atoms with E-state index >= 15 is 0 Å². The summed E-state index contributed by atoms with van der Waals surface area (Å²) in [6.45, 7) is 5.80. The van der Waals surface area contributed by atoms with E-state index < -0.39 is 0 Å². The molecular formula is C18H24N4O4S. The van der Waals surface area contributed by atoms with Gasteiger partial charge in [-0.3, -0.25) is 15.0 Å². The minimum absolute atomic E-state index is 0.114. The van der Waals surface area contributed by atoms with Crippen molar-refractivity contribution in [1.29, 1.82) is 0 Å². The topological polar surface area (TPSA) is 85.8 Å². The molecule has 27 heavy (non-hydrogen) atoms. The molecule has 0 spiro atoms. The van der Waals surface area contributed by atoms with Gasteiger partial charge in [0, 0.05) is 13.1 Å². The molecule has 2 heterocycles. The number of benzene rings is 1. The number of amides is 1. The molecule has 9 heteroatoms. The van der Waals surface area contributed by atoms with Crippen LogP contribution in [0.25, 0.3) is 10.6 Å². The van der Waals surface area contributed by atoms with Crippen LogP contribution < -0.4 is 14.8 Å². The van der Waals surface area contributed by atoms with Gasteiger partial charge < -0.3 is 14.2 Å². The normalized spacial score (nSPS) is 20.3. The van der Waals surface area contributed by atoms with Crippen molar-refractivity contribution in [2.45, 2.75) is 26.1 Å². The third kappa shape index (κ3) is 4.74. The standard InChI is InChI=1S/C18H24N4O4S/c1-11-8-22(9-12(2)26-11)10-15(23)19-18-21-20-17(27-18)13-6-5-7-14(24-3)16(13)25-4/h5-7,11-12H,8-10H2,1-4H3,(H,19,21,23). The first-order chi connectivity index (χ1) is 13.0. The molecule has 1 saturated heterocycles. The molecule has 3 rings (SSSR count). The Balaban J connectivity index is 1.67. The summed E-state index contributed by atoms with van der Waals surface area (Å²) in [6, 6.07) is 5.55. The van der Waals surface area contributed by atoms with Gasteiger partial charge in [-0.05, 0) is 26.0 Å². The average molecular weight is 392 g/mol. The Kier molecular flexibility index (Phi) is 6.25. The maximum Gasteiger partial charge on any atom is 0.240 e. The number of methoxy groups -OCH3 is 2. The van der Waals surface area contributed by atoms with Gasteiger partial charge in [0.05, 0.1) is 38.5 Å². The molecule has 2 atom stereocenters. The van der Waals surface area contributed by atoms with Crippen LogP contribution in [0.5, 0.6) is 11.5 Å². The summed E-state index contributed by atoms with van der Waals surface area (Å²) in [5.41, 5.74) is 0.769. The summed E-state index contributed by atoms with van der Waals surface area (Å²) in [4.78, 5) is 14.4. The van der Waals surface area contributed by atoms with E-state index in [9.17, 15) is 4.79 Å². The lowest BCUT2D eigenvalue weighted by Gasteiger charge is -2.34. The molecular weight excluding hydrogens is 368 g/mol. The molecule has 1 aliphatic rings. The second-order valence-electron chi connectivity index (χ2n) is 6.45. The Morgan fingerprint density at radius 1 is 1.26 bits per heavy atom. The molecule has 1 N–H and O–H groups in total. The highest BCUT2D eigenvalue weighted by molar-refractivity contribution is 7.18. The van der Waals surface area contributed by atoms with Crippen molar-refractivity contribution in [3.63, 3.8) is 0 Å². The number of rotatable bonds is 6. The molecule has 0 radical (unpaired) electrons. The van der Waals surface area contributed by atoms with Crippen LogP contribution >= 0.6 is 11.3 Å². The van der Waals surface area contributed by atoms with Crippen LogP contribution in [0.1, 0.15) is 13.8 Å². The fourth-order valence-corrected chi connectivity index (χ4v) is 4.00. The van der Waals surface area contributed by atoms with E-state index in [0.717, 1.165) is 18.7 Å². The Bertz CT molecular complexity index is 787. The fraction of sp³-hybridized carbons (Fsp3) is 0.500. The molecule has 1 aliphatic heterocycles. The number of nitrogens with zero attached hydrogens (tertiary/aromatic N) is 3. The van der Waals surface area contributed by atoms with Crippen molar-refractivity contribution >= 4 is 22.4 Å². The van der Waals surface area contributed by atoms with Crippen LogP contribution in [-0.2, 0) is 9.53 Å². The summed E-state index contributed by atoms with van der Waals surface area (Å²) in [5, 5.41) is 12.2. The largest absolute Gasteiger partial charge is 0.493 e. The highest BCUT2D eigenvalue weighted by atomic mass is 32.1. The smallest absolute Gasteiger partial charge is 0.240 e. The molecule has 8 nitrogen and oxygen atoms in total. The number of para-hydroxylation sites is 1. The van der Waals surface area contributed by atoms with E-state index in [1.165, 1.54) is 11.3 Å². The Hall–Kier alpha value is -2.23. The Morgan fingerprint density at radius 3 is 2.67 bits per heavy atom. The maximum atomic E-state index is 12.4. The second kappa shape index (κ2) is 8.64. The van der Waals surface area contributed by atoms with Crippen LogP contribution in [0.2, 0.25) is 0 Å². The molecule has 0 aliphatic carbocycles. The van der Waals surface area contributed by atoms with Gasteiger partial charge in [0.2, 0.25) is 11.0 Å². The van der Waals surface area contributed by atoms with Gasteiger partial charge in [0.15, 0.2) is 16.5 Å². The lowest BCUT2D eigenvalue weighted by molar-refractivity contribution is -0.121. The minimum atomic E-state index is -0.114. The number of hydrogen-bond donors (Lipinski definition) is 1. The van der Waals surface area contributed by atoms with Crippen molar-refractivity contribution in [3.05, 3.63) is 18.2 Å². The van der Waals surface area contributed by atoms with E-state index in [1.54, 1.807) is 14.2 Å². The van der Waals surface area contributed by atoms with Crippen LogP contribution in [0.3, 0.4) is 0 Å². The second-order valence-corrected chi connectivity index (χ2v) is 7.43. The van der Waals surface area contributed by atoms with Crippen molar-refractivity contribution in [3.8, 4) is 22.1 Å². The van der Waals surface area contributed by atoms with E-state index in [1.807, 2.05) is 32.0 Å². The summed E-state index contributed by atoms with van der Waals surface area (Å²) < 4.78 is 16.5. The zero-order chi connectivity index (χ0) is 19.4. The number of ether oxygens (including phenoxy) is 3. The molecule has 1 amide bonds. The molecule has 2 aromatic rings. The van der Waals surface area contributed by atoms with Gasteiger partial charge in [-0.15, -0.1) is 10.2 Å². The van der Waals surface area contributed by atoms with E-state index in [0.29, 0.717) is 28.2 Å². The van der Waals surface area contributed by atoms with Gasteiger partial charge >= 0.3 is 0 Å². The summed E-state index contributed by atoms with van der Waals surface area (Å²) in [6.07, 6.45) is 0.241. The zero-order valence-corrected chi connectivity index (χ0v) is 16.7. The average Bonchev–Trinajstić information content (AvgIpc) is 3.08. The lowest BCUT2D eigenvalue weighted by atomic mass is 10.2. The predicted molar refractivity (Wildman–Crippen MR) is 104 cm³/mol. The molecule has 1 aromatic carbocycles. The number of carbonyl (C=O) groups excluding carboxylic acids is 1. The first-order valence-corrected chi connectivity index (χ1v) is 9.54. The number of aromatic nitrogens is 2. The zero-order valence-electron chi connectivity index (χ0n) is 15.9. The molecule has 146 valence electrons. The summed E-state index contributed by atoms with van der Waals surface area (Å²) >= 11 is 1.29. The van der Waals surface area contributed by atoms with Gasteiger partial charge in [0.25, 0.3) is 0 Å². The first-order valence-electron chi connectivity index (χ1n) is 8.72. The highest BCUT2D eigenvalue weighted by Crippen LogP contribution is 2.39. The number of morpholine rings is 1. The van der Waals surface area contributed by atoms with E-state index in [2.05, 4.69) is 20.4 Å². The van der Waals surface area contributed by atoms with Gasteiger partial charge in [0.1, 0.15) is 0 Å². The molecule has 0 saturated carbocycles. The first kappa shape index (κ1) is 19.5. The van der Waals surface area contributed by atoms with Crippen LogP contribution in [0.15, 0.2) is 18.2 Å². The fourth-order valence-electron chi connectivity index (χ4n) is 3.21. The van der Waals surface area contributed by atoms with Gasteiger partial charge in [-0.25, -0.2) is 0 Å². The van der Waals surface area contributed by atoms with Gasteiger partial charge in [-0.2, -0.15) is 0 Å². The molecule has 1 fully saturated rings. The Labute approximate surface area is 162 Å². The maximum absolute atomic E-state index is 12.4. The summed E-state index contributed by atoms with van der Waals surface area (Å²) in [7, 11) is 3.16. The quantitative estimate of drug-likeness (QED) is 0.807. The van der Waals surface area contributed by atoms with E-state index in [4.69, 9.17) is 14.2 Å². The van der Waals surface area contributed by atoms with Crippen molar-refractivity contribution in [2.24, 2.45) is 0 Å². The SMILES string of the molecule is COc1cccc(-c2nnc(NC(=O)CN3CC(C)OC(C)C3)s2)c1OC. The summed E-state index contributed by atoms with van der Waals surface area (Å²) in [5.74, 6) is 1.09. The van der Waals surface area contributed by atoms with Crippen molar-refractivity contribution in [1.82, 2.24) is 15.1 Å². The monoisotopic (exact) mass is 392 g/mol. The third-order valence-corrected chi connectivity index (χ3v) is 5.04. The van der Waals surface area contributed by atoms with Crippen LogP contribution in [0, 0.1) is 0 Å². The molecule has 0 bridgehead atoms. The Morgan fingerprint density at radius 2 is 2.00 bits per heavy atom. The lowest BCUT2D eigenvalue weighted by Crippen LogP contribution is -2.48. The number of carbonyl (C=O) groups is 1. The number of hydrogen-bond acceptors (Lipinski definition) is 8. The predicted octanol–water partition coefficient (Wildman–Crippen LogP) is 2.27. The molecule has 1 aromatic heterocycles. The number of anilines is 1. The van der Waals surface area contributed by atoms with Gasteiger partial charge in [-0.1, -0.05) is 17.4 Å². The minimum Gasteiger partial charge on any atom is -0.493 e. The molecule has 2 unspecified atom stereocenters. The van der Waals surface area contributed by atoms with E-state index in [-0.39, 0.29) is 18.1 Å². The third-order valence-electron chi connectivity index (χ3n) is 4.17.